The van der Waals surface area contributed by atoms with E-state index in [0.717, 1.165) is 0 Å². The maximum Gasteiger partial charge on any atom is 0.267 e. The van der Waals surface area contributed by atoms with E-state index in [1.54, 1.807) is 13.8 Å². The second-order valence-electron chi connectivity index (χ2n) is 3.76. The van der Waals surface area contributed by atoms with E-state index in [1.165, 1.54) is 4.90 Å². The maximum atomic E-state index is 13.0. The van der Waals surface area contributed by atoms with Crippen LogP contribution < -0.4 is 4.90 Å². The number of aryl methyl sites for hydroxylation is 2. The fraction of sp³-hybridized carbons (Fsp3) is 0.667. The van der Waals surface area contributed by atoms with Gasteiger partial charge in [-0.15, -0.1) is 0 Å². The highest BCUT2D eigenvalue weighted by atomic mass is 19.3. The molecule has 1 aromatic heterocycles. The second-order valence-corrected chi connectivity index (χ2v) is 3.76. The number of rotatable bonds is 1. The van der Waals surface area contributed by atoms with Gasteiger partial charge in [-0.3, -0.25) is 0 Å². The van der Waals surface area contributed by atoms with Crippen LogP contribution in [-0.4, -0.2) is 34.0 Å². The molecule has 4 nitrogen and oxygen atoms in total. The first kappa shape index (κ1) is 10.2. The Morgan fingerprint density at radius 2 is 1.73 bits per heavy atom. The van der Waals surface area contributed by atoms with Crippen molar-refractivity contribution in [2.24, 2.45) is 0 Å². The lowest BCUT2D eigenvalue weighted by molar-refractivity contribution is 0.0256. The van der Waals surface area contributed by atoms with Crippen LogP contribution in [0.25, 0.3) is 0 Å². The molecule has 0 atom stereocenters. The molecule has 0 aliphatic carbocycles. The van der Waals surface area contributed by atoms with Crippen molar-refractivity contribution in [2.45, 2.75) is 26.2 Å². The molecule has 0 aromatic carbocycles. The van der Waals surface area contributed by atoms with Gasteiger partial charge in [0.25, 0.3) is 5.92 Å². The van der Waals surface area contributed by atoms with Gasteiger partial charge in [-0.25, -0.2) is 13.8 Å². The van der Waals surface area contributed by atoms with Crippen LogP contribution in [0.2, 0.25) is 0 Å². The molecule has 0 unspecified atom stereocenters. The zero-order valence-corrected chi connectivity index (χ0v) is 8.67. The van der Waals surface area contributed by atoms with Crippen LogP contribution in [0.3, 0.4) is 0 Å². The molecule has 0 saturated carbocycles. The van der Waals surface area contributed by atoms with Gasteiger partial charge in [0.2, 0.25) is 5.95 Å². The Morgan fingerprint density at radius 3 is 2.20 bits per heavy atom. The lowest BCUT2D eigenvalue weighted by atomic mass is 10.3. The summed E-state index contributed by atoms with van der Waals surface area (Å²) in [5.74, 6) is -1.13. The van der Waals surface area contributed by atoms with Gasteiger partial charge in [0.15, 0.2) is 0 Å². The van der Waals surface area contributed by atoms with Gasteiger partial charge in [-0.2, -0.15) is 9.97 Å². The molecule has 82 valence electrons. The van der Waals surface area contributed by atoms with E-state index in [9.17, 15) is 8.78 Å². The molecule has 2 rings (SSSR count). The minimum atomic E-state index is -2.62. The largest absolute Gasteiger partial charge is 0.334 e. The summed E-state index contributed by atoms with van der Waals surface area (Å²) in [6.07, 6.45) is -0.128. The molecular weight excluding hydrogens is 202 g/mol. The molecule has 2 heterocycles. The molecule has 0 radical (unpaired) electrons. The summed E-state index contributed by atoms with van der Waals surface area (Å²) in [5.41, 5.74) is 0. The highest BCUT2D eigenvalue weighted by Crippen LogP contribution is 2.28. The summed E-state index contributed by atoms with van der Waals surface area (Å²) in [6.45, 7) is 3.46. The number of nitrogens with zero attached hydrogens (tertiary/aromatic N) is 4. The SMILES string of the molecule is Cc1nc(C)nc(N2CCC(F)(F)C2)n1. The van der Waals surface area contributed by atoms with Crippen molar-refractivity contribution in [2.75, 3.05) is 18.0 Å². The third-order valence-electron chi connectivity index (χ3n) is 2.30. The first-order valence-electron chi connectivity index (χ1n) is 4.78. The number of anilines is 1. The summed E-state index contributed by atoms with van der Waals surface area (Å²) >= 11 is 0. The fourth-order valence-corrected chi connectivity index (χ4v) is 1.65. The molecule has 0 amide bonds. The van der Waals surface area contributed by atoms with Crippen molar-refractivity contribution in [3.8, 4) is 0 Å². The van der Waals surface area contributed by atoms with Crippen LogP contribution in [-0.2, 0) is 0 Å². The van der Waals surface area contributed by atoms with E-state index in [-0.39, 0.29) is 13.0 Å². The average molecular weight is 214 g/mol. The molecule has 1 saturated heterocycles. The lowest BCUT2D eigenvalue weighted by Crippen LogP contribution is -2.27. The zero-order chi connectivity index (χ0) is 11.1. The van der Waals surface area contributed by atoms with Crippen molar-refractivity contribution >= 4 is 5.95 Å². The van der Waals surface area contributed by atoms with Crippen LogP contribution in [0.15, 0.2) is 0 Å². The van der Waals surface area contributed by atoms with Crippen molar-refractivity contribution in [3.63, 3.8) is 0 Å². The van der Waals surface area contributed by atoms with E-state index in [1.807, 2.05) is 0 Å². The van der Waals surface area contributed by atoms with E-state index in [2.05, 4.69) is 15.0 Å². The highest BCUT2D eigenvalue weighted by Gasteiger charge is 2.39. The molecule has 0 spiro atoms. The monoisotopic (exact) mass is 214 g/mol. The fourth-order valence-electron chi connectivity index (χ4n) is 1.65. The van der Waals surface area contributed by atoms with Crippen molar-refractivity contribution in [1.82, 2.24) is 15.0 Å². The Bertz CT molecular complexity index is 360. The Balaban J connectivity index is 2.24. The Labute approximate surface area is 86.4 Å². The predicted octanol–water partition coefficient (Wildman–Crippen LogP) is 1.33. The van der Waals surface area contributed by atoms with Gasteiger partial charge in [0.05, 0.1) is 6.54 Å². The first-order chi connectivity index (χ1) is 6.96. The van der Waals surface area contributed by atoms with Gasteiger partial charge in [-0.05, 0) is 13.8 Å². The van der Waals surface area contributed by atoms with Crippen LogP contribution in [0.1, 0.15) is 18.1 Å². The van der Waals surface area contributed by atoms with Crippen LogP contribution in [0, 0.1) is 13.8 Å². The van der Waals surface area contributed by atoms with E-state index >= 15 is 0 Å². The van der Waals surface area contributed by atoms with Gasteiger partial charge in [-0.1, -0.05) is 0 Å². The number of halogens is 2. The Kier molecular flexibility index (Phi) is 2.28. The van der Waals surface area contributed by atoms with Crippen LogP contribution in [0.4, 0.5) is 14.7 Å². The molecule has 1 aliphatic heterocycles. The van der Waals surface area contributed by atoms with Gasteiger partial charge in [0.1, 0.15) is 11.6 Å². The molecule has 0 N–H and O–H groups in total. The molecule has 6 heteroatoms. The predicted molar refractivity (Wildman–Crippen MR) is 51.1 cm³/mol. The third kappa shape index (κ3) is 2.19. The van der Waals surface area contributed by atoms with E-state index in [0.29, 0.717) is 24.1 Å². The zero-order valence-electron chi connectivity index (χ0n) is 8.67. The molecule has 15 heavy (non-hydrogen) atoms. The van der Waals surface area contributed by atoms with Crippen molar-refractivity contribution in [1.29, 1.82) is 0 Å². The van der Waals surface area contributed by atoms with Gasteiger partial charge in [0, 0.05) is 13.0 Å². The summed E-state index contributed by atoms with van der Waals surface area (Å²) < 4.78 is 25.9. The van der Waals surface area contributed by atoms with Gasteiger partial charge >= 0.3 is 0 Å². The lowest BCUT2D eigenvalue weighted by Gasteiger charge is -2.16. The number of alkyl halides is 2. The number of hydrogen-bond donors (Lipinski definition) is 0. The molecule has 0 bridgehead atoms. The standard InChI is InChI=1S/C9H12F2N4/c1-6-12-7(2)14-8(13-6)15-4-3-9(10,11)5-15/h3-5H2,1-2H3. The highest BCUT2D eigenvalue weighted by molar-refractivity contribution is 5.32. The number of hydrogen-bond acceptors (Lipinski definition) is 4. The summed E-state index contributed by atoms with van der Waals surface area (Å²) in [4.78, 5) is 13.6. The molecule has 1 aromatic rings. The Hall–Kier alpha value is -1.33. The molecular formula is C9H12F2N4. The van der Waals surface area contributed by atoms with Crippen molar-refractivity contribution < 1.29 is 8.78 Å². The van der Waals surface area contributed by atoms with Gasteiger partial charge < -0.3 is 4.90 Å². The first-order valence-corrected chi connectivity index (χ1v) is 4.78. The third-order valence-corrected chi connectivity index (χ3v) is 2.30. The maximum absolute atomic E-state index is 13.0. The summed E-state index contributed by atoms with van der Waals surface area (Å²) in [6, 6.07) is 0. The normalized spacial score (nSPS) is 19.6. The summed E-state index contributed by atoms with van der Waals surface area (Å²) in [5, 5.41) is 0. The van der Waals surface area contributed by atoms with E-state index in [4.69, 9.17) is 0 Å². The van der Waals surface area contributed by atoms with E-state index < -0.39 is 5.92 Å². The molecule has 1 fully saturated rings. The van der Waals surface area contributed by atoms with Crippen molar-refractivity contribution in [3.05, 3.63) is 11.6 Å². The minimum absolute atomic E-state index is 0.128. The Morgan fingerprint density at radius 1 is 1.13 bits per heavy atom. The number of aromatic nitrogens is 3. The second kappa shape index (κ2) is 3.36. The molecule has 1 aliphatic rings. The smallest absolute Gasteiger partial charge is 0.267 e. The minimum Gasteiger partial charge on any atom is -0.334 e. The quantitative estimate of drug-likeness (QED) is 0.707. The summed E-state index contributed by atoms with van der Waals surface area (Å²) in [7, 11) is 0. The van der Waals surface area contributed by atoms with Crippen LogP contribution >= 0.6 is 0 Å². The van der Waals surface area contributed by atoms with Crippen LogP contribution in [0.5, 0.6) is 0 Å². The topological polar surface area (TPSA) is 41.9 Å². The average Bonchev–Trinajstić information content (AvgIpc) is 2.44.